The van der Waals surface area contributed by atoms with Crippen LogP contribution < -0.4 is 4.90 Å². The number of hydrogen-bond acceptors (Lipinski definition) is 3. The zero-order valence-corrected chi connectivity index (χ0v) is 21.5. The van der Waals surface area contributed by atoms with Gasteiger partial charge in [-0.15, -0.1) is 0 Å². The van der Waals surface area contributed by atoms with Gasteiger partial charge in [0, 0.05) is 22.0 Å². The molecular formula is C32H27N3S. The molecule has 36 heavy (non-hydrogen) atoms. The van der Waals surface area contributed by atoms with Gasteiger partial charge in [-0.3, -0.25) is 0 Å². The van der Waals surface area contributed by atoms with Crippen molar-refractivity contribution in [3.05, 3.63) is 141 Å². The van der Waals surface area contributed by atoms with Gasteiger partial charge in [0.05, 0.1) is 12.6 Å². The van der Waals surface area contributed by atoms with Gasteiger partial charge in [-0.25, -0.2) is 10.1 Å². The van der Waals surface area contributed by atoms with Crippen LogP contribution in [0.1, 0.15) is 26.3 Å². The average molecular weight is 486 g/mol. The van der Waals surface area contributed by atoms with E-state index in [9.17, 15) is 5.26 Å². The van der Waals surface area contributed by atoms with Crippen molar-refractivity contribution in [2.45, 2.75) is 20.8 Å². The summed E-state index contributed by atoms with van der Waals surface area (Å²) in [6.07, 6.45) is 8.03. The van der Waals surface area contributed by atoms with Crippen LogP contribution in [-0.2, 0) is 0 Å². The predicted molar refractivity (Wildman–Crippen MR) is 153 cm³/mol. The van der Waals surface area contributed by atoms with Crippen LogP contribution in [0.4, 0.5) is 17.1 Å². The molecule has 4 rings (SSSR count). The largest absolute Gasteiger partial charge is 0.311 e. The Morgan fingerprint density at radius 2 is 1.39 bits per heavy atom. The van der Waals surface area contributed by atoms with E-state index >= 15 is 0 Å². The van der Waals surface area contributed by atoms with Crippen molar-refractivity contribution >= 4 is 34.9 Å². The number of benzene rings is 3. The third kappa shape index (κ3) is 5.87. The Bertz CT molecular complexity index is 1370. The number of thioether (sulfide) groups is 1. The van der Waals surface area contributed by atoms with Crippen molar-refractivity contribution < 1.29 is 0 Å². The van der Waals surface area contributed by atoms with Crippen LogP contribution in [-0.4, -0.2) is 0 Å². The van der Waals surface area contributed by atoms with Crippen LogP contribution in [0.3, 0.4) is 0 Å². The summed E-state index contributed by atoms with van der Waals surface area (Å²) < 4.78 is 0. The highest BCUT2D eigenvalue weighted by atomic mass is 32.2. The quantitative estimate of drug-likeness (QED) is 0.266. The summed E-state index contributed by atoms with van der Waals surface area (Å²) >= 11 is 1.68. The molecule has 0 fully saturated rings. The van der Waals surface area contributed by atoms with E-state index in [0.29, 0.717) is 5.57 Å². The number of nitriles is 1. The highest BCUT2D eigenvalue weighted by Crippen LogP contribution is 2.44. The van der Waals surface area contributed by atoms with Gasteiger partial charge in [0.25, 0.3) is 5.70 Å². The van der Waals surface area contributed by atoms with Gasteiger partial charge >= 0.3 is 0 Å². The van der Waals surface area contributed by atoms with Crippen molar-refractivity contribution in [1.29, 1.82) is 5.26 Å². The van der Waals surface area contributed by atoms with Gasteiger partial charge < -0.3 is 4.90 Å². The Kier molecular flexibility index (Phi) is 7.59. The molecule has 1 aliphatic rings. The van der Waals surface area contributed by atoms with Gasteiger partial charge in [0.15, 0.2) is 0 Å². The van der Waals surface area contributed by atoms with E-state index in [4.69, 9.17) is 6.57 Å². The van der Waals surface area contributed by atoms with Crippen molar-refractivity contribution in [3.8, 4) is 6.07 Å². The molecule has 0 bridgehead atoms. The second-order valence-electron chi connectivity index (χ2n) is 9.37. The van der Waals surface area contributed by atoms with Gasteiger partial charge in [-0.2, -0.15) is 0 Å². The summed E-state index contributed by atoms with van der Waals surface area (Å²) in [7, 11) is 0. The minimum Gasteiger partial charge on any atom is -0.311 e. The highest BCUT2D eigenvalue weighted by Gasteiger charge is 2.22. The average Bonchev–Trinajstić information content (AvgIpc) is 2.90. The van der Waals surface area contributed by atoms with Crippen LogP contribution in [0.25, 0.3) is 10.9 Å². The highest BCUT2D eigenvalue weighted by molar-refractivity contribution is 8.07. The molecule has 0 aliphatic carbocycles. The lowest BCUT2D eigenvalue weighted by Crippen LogP contribution is -2.09. The van der Waals surface area contributed by atoms with Crippen LogP contribution in [0, 0.1) is 23.3 Å². The lowest BCUT2D eigenvalue weighted by Gasteiger charge is -2.26. The molecule has 3 aromatic rings. The summed E-state index contributed by atoms with van der Waals surface area (Å²) in [6, 6.07) is 31.2. The van der Waals surface area contributed by atoms with Crippen molar-refractivity contribution in [3.63, 3.8) is 0 Å². The first-order valence-electron chi connectivity index (χ1n) is 11.7. The van der Waals surface area contributed by atoms with E-state index < -0.39 is 0 Å². The molecule has 0 radical (unpaired) electrons. The van der Waals surface area contributed by atoms with Gasteiger partial charge in [0.2, 0.25) is 0 Å². The summed E-state index contributed by atoms with van der Waals surface area (Å²) in [5, 5.41) is 9.39. The first-order valence-corrected chi connectivity index (χ1v) is 12.5. The summed E-state index contributed by atoms with van der Waals surface area (Å²) in [5.74, 6) is 0. The number of rotatable bonds is 5. The number of nitrogens with zero attached hydrogens (tertiary/aromatic N) is 3. The monoisotopic (exact) mass is 485 g/mol. The molecule has 3 nitrogen and oxygen atoms in total. The summed E-state index contributed by atoms with van der Waals surface area (Å²) in [6.45, 7) is 13.8. The maximum atomic E-state index is 9.39. The van der Waals surface area contributed by atoms with E-state index in [1.165, 1.54) is 0 Å². The number of anilines is 3. The third-order valence-corrected chi connectivity index (χ3v) is 7.10. The Labute approximate surface area is 218 Å². The second kappa shape index (κ2) is 11.0. The zero-order valence-electron chi connectivity index (χ0n) is 20.6. The van der Waals surface area contributed by atoms with Gasteiger partial charge in [0.1, 0.15) is 0 Å². The molecule has 0 aromatic heterocycles. The molecule has 4 heteroatoms. The lowest BCUT2D eigenvalue weighted by molar-refractivity contribution is 0.533. The molecule has 3 aromatic carbocycles. The first-order chi connectivity index (χ1) is 17.4. The fourth-order valence-electron chi connectivity index (χ4n) is 3.78. The summed E-state index contributed by atoms with van der Waals surface area (Å²) in [4.78, 5) is 7.79. The fourth-order valence-corrected chi connectivity index (χ4v) is 4.85. The van der Waals surface area contributed by atoms with Crippen LogP contribution in [0.2, 0.25) is 0 Å². The lowest BCUT2D eigenvalue weighted by atomic mass is 9.94. The minimum absolute atomic E-state index is 0.0775. The normalized spacial score (nSPS) is 14.9. The molecule has 0 spiro atoms. The van der Waals surface area contributed by atoms with Crippen LogP contribution in [0.5, 0.6) is 0 Å². The van der Waals surface area contributed by atoms with Gasteiger partial charge in [-0.1, -0.05) is 99.3 Å². The number of allylic oxidation sites excluding steroid dienone is 6. The number of hydrogen-bond donors (Lipinski definition) is 0. The molecule has 1 aliphatic heterocycles. The van der Waals surface area contributed by atoms with Crippen molar-refractivity contribution in [1.82, 2.24) is 0 Å². The predicted octanol–water partition coefficient (Wildman–Crippen LogP) is 9.43. The SMILES string of the molecule is [C-]#[N+]C(C#N)=C1C=C(C=Cc2ccc(N(c3ccccc3)c3ccccc3)cc2)SC(C(C)(C)C)=C1. The second-order valence-corrected chi connectivity index (χ2v) is 10.5. The van der Waals surface area contributed by atoms with Crippen molar-refractivity contribution in [2.24, 2.45) is 5.41 Å². The molecule has 1 heterocycles. The molecule has 0 atom stereocenters. The topological polar surface area (TPSA) is 31.4 Å². The standard InChI is InChI=1S/C32H27N3S/c1-32(2,3)31-22-25(30(23-33)34-4)21-29(36-31)20-17-24-15-18-28(19-16-24)35(26-11-7-5-8-12-26)27-13-9-6-10-14-27/h5-22H,1-3H3. The molecule has 0 amide bonds. The van der Waals surface area contributed by atoms with E-state index in [2.05, 4.69) is 91.2 Å². The Morgan fingerprint density at radius 1 is 0.833 bits per heavy atom. The maximum Gasteiger partial charge on any atom is 0.269 e. The summed E-state index contributed by atoms with van der Waals surface area (Å²) in [5.41, 5.74) is 5.07. The molecule has 0 saturated heterocycles. The molecular weight excluding hydrogens is 458 g/mol. The molecule has 0 saturated carbocycles. The maximum absolute atomic E-state index is 9.39. The van der Waals surface area contributed by atoms with E-state index in [1.807, 2.05) is 54.6 Å². The zero-order chi connectivity index (χ0) is 25.5. The fraction of sp³-hybridized carbons (Fsp3) is 0.125. The van der Waals surface area contributed by atoms with E-state index in [0.717, 1.165) is 32.4 Å². The van der Waals surface area contributed by atoms with Crippen LogP contribution >= 0.6 is 11.8 Å². The molecule has 0 unspecified atom stereocenters. The Hall–Kier alpha value is -4.25. The number of para-hydroxylation sites is 2. The van der Waals surface area contributed by atoms with Crippen molar-refractivity contribution in [2.75, 3.05) is 4.90 Å². The Balaban J connectivity index is 1.63. The third-order valence-electron chi connectivity index (χ3n) is 5.66. The molecule has 176 valence electrons. The molecule has 0 N–H and O–H groups in total. The Morgan fingerprint density at radius 3 is 1.89 bits per heavy atom. The minimum atomic E-state index is -0.0775. The first kappa shape index (κ1) is 24.9. The van der Waals surface area contributed by atoms with E-state index in [1.54, 1.807) is 11.8 Å². The smallest absolute Gasteiger partial charge is 0.269 e. The van der Waals surface area contributed by atoms with E-state index in [-0.39, 0.29) is 11.1 Å². The van der Waals surface area contributed by atoms with Crippen LogP contribution in [0.15, 0.2) is 124 Å². The van der Waals surface area contributed by atoms with Gasteiger partial charge in [-0.05, 0) is 63.9 Å².